The lowest BCUT2D eigenvalue weighted by Gasteiger charge is -2.37. The van der Waals surface area contributed by atoms with Crippen molar-refractivity contribution in [2.24, 2.45) is 11.8 Å². The Morgan fingerprint density at radius 3 is 2.35 bits per heavy atom. The van der Waals surface area contributed by atoms with Gasteiger partial charge < -0.3 is 24.5 Å². The van der Waals surface area contributed by atoms with Crippen LogP contribution in [-0.2, 0) is 14.4 Å². The third-order valence-corrected chi connectivity index (χ3v) is 11.9. The first-order valence-electron chi connectivity index (χ1n) is 16.2. The number of thioether (sulfide) groups is 1. The molecule has 1 spiro atoms. The van der Waals surface area contributed by atoms with Crippen molar-refractivity contribution in [2.75, 3.05) is 42.6 Å². The van der Waals surface area contributed by atoms with Gasteiger partial charge in [0.15, 0.2) is 0 Å². The van der Waals surface area contributed by atoms with Gasteiger partial charge in [0.2, 0.25) is 11.8 Å². The quantitative estimate of drug-likeness (QED) is 0.256. The first kappa shape index (κ1) is 32.7. The van der Waals surface area contributed by atoms with Crippen LogP contribution < -0.4 is 14.5 Å². The number of benzene rings is 2. The number of anilines is 2. The van der Waals surface area contributed by atoms with Gasteiger partial charge in [-0.2, -0.15) is 0 Å². The third kappa shape index (κ3) is 5.44. The molecule has 0 saturated carbocycles. The van der Waals surface area contributed by atoms with Gasteiger partial charge in [-0.05, 0) is 69.5 Å². The summed E-state index contributed by atoms with van der Waals surface area (Å²) in [4.78, 5) is 49.5. The molecule has 8 nitrogen and oxygen atoms in total. The van der Waals surface area contributed by atoms with Gasteiger partial charge >= 0.3 is 0 Å². The van der Waals surface area contributed by atoms with Crippen LogP contribution in [0.2, 0.25) is 5.02 Å². The Kier molecular flexibility index (Phi) is 9.29. The van der Waals surface area contributed by atoms with E-state index in [2.05, 4.69) is 6.08 Å². The standard InChI is InChI=1S/C36H42ClN3O5S/c1-4-45-26-16-14-25(15-17-26)38-21-10-18-35(3)28(32(38)42)29-33(43)40(20-7-5-6-8-23-41)31-34(44)39(22-11-19-36(29,31)46-35)30-24(2)12-9-13-27(30)37/h9-19,28-29,31,41H,4-8,20-23H2,1-3H3/t28-,29+,31?,35+,36+/m1/s1. The number of carbonyl (C=O) groups excluding carboxylic acids is 3. The minimum Gasteiger partial charge on any atom is -0.494 e. The van der Waals surface area contributed by atoms with E-state index in [1.807, 2.05) is 75.4 Å². The number of halogens is 1. The molecule has 0 aliphatic carbocycles. The van der Waals surface area contributed by atoms with Crippen LogP contribution in [0.3, 0.4) is 0 Å². The first-order chi connectivity index (χ1) is 22.2. The van der Waals surface area contributed by atoms with Crippen molar-refractivity contribution in [3.63, 3.8) is 0 Å². The lowest BCUT2D eigenvalue weighted by Crippen LogP contribution is -2.53. The van der Waals surface area contributed by atoms with Gasteiger partial charge in [-0.15, -0.1) is 11.8 Å². The number of ether oxygens (including phenoxy) is 1. The Hall–Kier alpha value is -3.27. The average molecular weight is 664 g/mol. The third-order valence-electron chi connectivity index (χ3n) is 9.78. The van der Waals surface area contributed by atoms with Crippen molar-refractivity contribution in [1.82, 2.24) is 4.90 Å². The smallest absolute Gasteiger partial charge is 0.251 e. The predicted molar refractivity (Wildman–Crippen MR) is 184 cm³/mol. The minimum absolute atomic E-state index is 0.119. The van der Waals surface area contributed by atoms with Crippen molar-refractivity contribution < 1.29 is 24.2 Å². The molecule has 2 aromatic rings. The Balaban J connectivity index is 1.41. The molecule has 6 rings (SSSR count). The molecular weight excluding hydrogens is 622 g/mol. The fourth-order valence-corrected chi connectivity index (χ4v) is 10.3. The number of fused-ring (bicyclic) bond motifs is 2. The van der Waals surface area contributed by atoms with Crippen LogP contribution in [0.25, 0.3) is 0 Å². The molecule has 4 aliphatic rings. The molecule has 1 unspecified atom stereocenters. The molecule has 244 valence electrons. The Morgan fingerprint density at radius 2 is 1.63 bits per heavy atom. The zero-order valence-electron chi connectivity index (χ0n) is 26.7. The number of aliphatic hydroxyl groups excluding tert-OH is 1. The molecule has 0 aromatic heterocycles. The molecular formula is C36H42ClN3O5S. The van der Waals surface area contributed by atoms with E-state index in [4.69, 9.17) is 16.3 Å². The molecule has 5 atom stereocenters. The molecule has 46 heavy (non-hydrogen) atoms. The summed E-state index contributed by atoms with van der Waals surface area (Å²) in [7, 11) is 0. The topological polar surface area (TPSA) is 90.4 Å². The SMILES string of the molecule is CCOc1ccc(N2CC=C[C@]3(C)S[C@]45C=CCN(c6c(C)cccc6Cl)C(=O)C4N(CCCCCCO)C(=O)[C@@H]5[C@@H]3C2=O)cc1. The summed E-state index contributed by atoms with van der Waals surface area (Å²) in [5.74, 6) is -1.12. The highest BCUT2D eigenvalue weighted by atomic mass is 35.5. The summed E-state index contributed by atoms with van der Waals surface area (Å²) in [5, 5.41) is 9.75. The fourth-order valence-electron chi connectivity index (χ4n) is 7.80. The van der Waals surface area contributed by atoms with E-state index in [-0.39, 0.29) is 24.3 Å². The molecule has 1 N–H and O–H groups in total. The van der Waals surface area contributed by atoms with Gasteiger partial charge in [0.05, 0.1) is 33.9 Å². The zero-order chi connectivity index (χ0) is 32.6. The molecule has 0 bridgehead atoms. The lowest BCUT2D eigenvalue weighted by molar-refractivity contribution is -0.139. The van der Waals surface area contributed by atoms with Crippen LogP contribution >= 0.6 is 23.4 Å². The van der Waals surface area contributed by atoms with E-state index in [0.29, 0.717) is 49.8 Å². The van der Waals surface area contributed by atoms with E-state index in [0.717, 1.165) is 29.8 Å². The van der Waals surface area contributed by atoms with Gasteiger partial charge in [0.1, 0.15) is 11.8 Å². The van der Waals surface area contributed by atoms with Crippen LogP contribution in [-0.4, -0.2) is 76.1 Å². The number of nitrogens with zero attached hydrogens (tertiary/aromatic N) is 3. The van der Waals surface area contributed by atoms with E-state index in [1.54, 1.807) is 32.5 Å². The van der Waals surface area contributed by atoms with E-state index >= 15 is 0 Å². The highest BCUT2D eigenvalue weighted by Crippen LogP contribution is 2.65. The summed E-state index contributed by atoms with van der Waals surface area (Å²) in [6.45, 7) is 7.68. The number of hydrogen-bond acceptors (Lipinski definition) is 6. The second-order valence-electron chi connectivity index (χ2n) is 12.7. The first-order valence-corrected chi connectivity index (χ1v) is 17.4. The summed E-state index contributed by atoms with van der Waals surface area (Å²) in [5.41, 5.74) is 2.27. The van der Waals surface area contributed by atoms with Crippen LogP contribution in [0.5, 0.6) is 5.75 Å². The van der Waals surface area contributed by atoms with Crippen molar-refractivity contribution in [3.8, 4) is 5.75 Å². The fraction of sp³-hybridized carbons (Fsp3) is 0.472. The van der Waals surface area contributed by atoms with Gasteiger partial charge in [-0.25, -0.2) is 0 Å². The molecule has 10 heteroatoms. The van der Waals surface area contributed by atoms with Crippen LogP contribution in [0.15, 0.2) is 66.8 Å². The summed E-state index contributed by atoms with van der Waals surface area (Å²) >= 11 is 8.28. The summed E-state index contributed by atoms with van der Waals surface area (Å²) in [6, 6.07) is 12.3. The summed E-state index contributed by atoms with van der Waals surface area (Å²) in [6.07, 6.45) is 11.2. The number of unbranched alkanes of at least 4 members (excludes halogenated alkanes) is 3. The number of hydrogen-bond donors (Lipinski definition) is 1. The maximum atomic E-state index is 14.9. The van der Waals surface area contributed by atoms with Crippen molar-refractivity contribution in [1.29, 1.82) is 0 Å². The molecule has 4 heterocycles. The van der Waals surface area contributed by atoms with Crippen LogP contribution in [0.4, 0.5) is 11.4 Å². The van der Waals surface area contributed by atoms with Gasteiger partial charge in [0, 0.05) is 36.7 Å². The Bertz CT molecular complexity index is 1540. The summed E-state index contributed by atoms with van der Waals surface area (Å²) < 4.78 is 3.98. The number of rotatable bonds is 10. The van der Waals surface area contributed by atoms with E-state index < -0.39 is 27.4 Å². The molecule has 4 aliphatic heterocycles. The minimum atomic E-state index is -0.940. The van der Waals surface area contributed by atoms with Crippen LogP contribution in [0.1, 0.15) is 45.1 Å². The number of likely N-dealkylation sites (tertiary alicyclic amines) is 1. The monoisotopic (exact) mass is 663 g/mol. The van der Waals surface area contributed by atoms with E-state index in [1.165, 1.54) is 0 Å². The normalized spacial score (nSPS) is 28.7. The molecule has 2 saturated heterocycles. The highest BCUT2D eigenvalue weighted by Gasteiger charge is 2.74. The maximum absolute atomic E-state index is 14.9. The zero-order valence-corrected chi connectivity index (χ0v) is 28.2. The second-order valence-corrected chi connectivity index (χ2v) is 14.9. The number of aryl methyl sites for hydroxylation is 1. The van der Waals surface area contributed by atoms with Crippen molar-refractivity contribution in [2.45, 2.75) is 62.0 Å². The van der Waals surface area contributed by atoms with E-state index in [9.17, 15) is 19.5 Å². The highest BCUT2D eigenvalue weighted by molar-refractivity contribution is 8.02. The van der Waals surface area contributed by atoms with Gasteiger partial charge in [-0.1, -0.05) is 60.9 Å². The second kappa shape index (κ2) is 13.1. The molecule has 0 radical (unpaired) electrons. The number of carbonyl (C=O) groups is 3. The lowest BCUT2D eigenvalue weighted by atomic mass is 9.74. The number of amides is 3. The maximum Gasteiger partial charge on any atom is 0.251 e. The number of para-hydroxylation sites is 1. The Labute approximate surface area is 280 Å². The van der Waals surface area contributed by atoms with Crippen molar-refractivity contribution in [3.05, 3.63) is 77.4 Å². The van der Waals surface area contributed by atoms with Crippen LogP contribution in [0, 0.1) is 18.8 Å². The van der Waals surface area contributed by atoms with Gasteiger partial charge in [0.25, 0.3) is 5.91 Å². The molecule has 2 aromatic carbocycles. The molecule has 2 fully saturated rings. The molecule has 3 amide bonds. The number of aliphatic hydroxyl groups is 1. The predicted octanol–water partition coefficient (Wildman–Crippen LogP) is 5.79. The van der Waals surface area contributed by atoms with Gasteiger partial charge in [-0.3, -0.25) is 14.4 Å². The largest absolute Gasteiger partial charge is 0.494 e. The average Bonchev–Trinajstić information content (AvgIpc) is 3.29. The Morgan fingerprint density at radius 1 is 0.913 bits per heavy atom. The van der Waals surface area contributed by atoms with Crippen molar-refractivity contribution >= 4 is 52.5 Å².